The molecule has 0 saturated carbocycles. The number of rotatable bonds is 2. The van der Waals surface area contributed by atoms with E-state index in [-0.39, 0.29) is 5.92 Å². The molecular weight excluding hydrogens is 226 g/mol. The average Bonchev–Trinajstić information content (AvgIpc) is 2.38. The SMILES string of the molecule is CC1CC(C(=O)N2CCN(C(C)C)CC2)CCN1. The monoisotopic (exact) mass is 253 g/mol. The van der Waals surface area contributed by atoms with Crippen LogP contribution in [0, 0.1) is 5.92 Å². The third-order valence-corrected chi connectivity index (χ3v) is 4.33. The molecule has 0 radical (unpaired) electrons. The van der Waals surface area contributed by atoms with Crippen LogP contribution in [0.1, 0.15) is 33.6 Å². The van der Waals surface area contributed by atoms with Gasteiger partial charge < -0.3 is 10.2 Å². The quantitative estimate of drug-likeness (QED) is 0.795. The first kappa shape index (κ1) is 13.8. The van der Waals surface area contributed by atoms with Crippen molar-refractivity contribution in [1.29, 1.82) is 0 Å². The van der Waals surface area contributed by atoms with E-state index in [0.29, 0.717) is 18.0 Å². The van der Waals surface area contributed by atoms with Gasteiger partial charge in [-0.3, -0.25) is 9.69 Å². The fraction of sp³-hybridized carbons (Fsp3) is 0.929. The highest BCUT2D eigenvalue weighted by Gasteiger charge is 2.30. The summed E-state index contributed by atoms with van der Waals surface area (Å²) in [6.07, 6.45) is 2.01. The van der Waals surface area contributed by atoms with Crippen molar-refractivity contribution in [3.63, 3.8) is 0 Å². The van der Waals surface area contributed by atoms with Crippen LogP contribution < -0.4 is 5.32 Å². The van der Waals surface area contributed by atoms with E-state index in [1.165, 1.54) is 0 Å². The molecule has 0 bridgehead atoms. The van der Waals surface area contributed by atoms with Crippen molar-refractivity contribution >= 4 is 5.91 Å². The summed E-state index contributed by atoms with van der Waals surface area (Å²) in [7, 11) is 0. The van der Waals surface area contributed by atoms with Crippen LogP contribution in [0.3, 0.4) is 0 Å². The maximum atomic E-state index is 12.5. The van der Waals surface area contributed by atoms with E-state index in [9.17, 15) is 4.79 Å². The highest BCUT2D eigenvalue weighted by Crippen LogP contribution is 2.20. The summed E-state index contributed by atoms with van der Waals surface area (Å²) >= 11 is 0. The Hall–Kier alpha value is -0.610. The summed E-state index contributed by atoms with van der Waals surface area (Å²) in [5.74, 6) is 0.651. The Labute approximate surface area is 111 Å². The van der Waals surface area contributed by atoms with Gasteiger partial charge in [0, 0.05) is 44.2 Å². The summed E-state index contributed by atoms with van der Waals surface area (Å²) in [5, 5.41) is 3.41. The van der Waals surface area contributed by atoms with Crippen LogP contribution in [0.15, 0.2) is 0 Å². The number of nitrogens with zero attached hydrogens (tertiary/aromatic N) is 2. The van der Waals surface area contributed by atoms with E-state index < -0.39 is 0 Å². The van der Waals surface area contributed by atoms with Crippen molar-refractivity contribution in [2.24, 2.45) is 5.92 Å². The molecule has 0 aromatic heterocycles. The standard InChI is InChI=1S/C14H27N3O/c1-11(2)16-6-8-17(9-7-16)14(18)13-4-5-15-12(3)10-13/h11-13,15H,4-10H2,1-3H3. The van der Waals surface area contributed by atoms with Crippen molar-refractivity contribution in [2.75, 3.05) is 32.7 Å². The fourth-order valence-electron chi connectivity index (χ4n) is 3.07. The second-order valence-corrected chi connectivity index (χ2v) is 6.03. The number of nitrogens with one attached hydrogen (secondary N) is 1. The topological polar surface area (TPSA) is 35.6 Å². The molecule has 2 aliphatic rings. The van der Waals surface area contributed by atoms with Gasteiger partial charge in [-0.1, -0.05) is 0 Å². The van der Waals surface area contributed by atoms with E-state index in [1.54, 1.807) is 0 Å². The molecule has 0 spiro atoms. The Bertz CT molecular complexity index is 285. The molecule has 104 valence electrons. The zero-order valence-electron chi connectivity index (χ0n) is 12.0. The molecule has 0 aliphatic carbocycles. The molecule has 1 N–H and O–H groups in total. The lowest BCUT2D eigenvalue weighted by Crippen LogP contribution is -2.53. The first-order valence-electron chi connectivity index (χ1n) is 7.34. The summed E-state index contributed by atoms with van der Waals surface area (Å²) in [6, 6.07) is 1.09. The summed E-state index contributed by atoms with van der Waals surface area (Å²) in [4.78, 5) is 17.0. The summed E-state index contributed by atoms with van der Waals surface area (Å²) in [6.45, 7) is 11.5. The molecule has 2 saturated heterocycles. The highest BCUT2D eigenvalue weighted by molar-refractivity contribution is 5.79. The Morgan fingerprint density at radius 1 is 1.22 bits per heavy atom. The predicted molar refractivity (Wildman–Crippen MR) is 73.5 cm³/mol. The van der Waals surface area contributed by atoms with Crippen molar-refractivity contribution in [1.82, 2.24) is 15.1 Å². The molecular formula is C14H27N3O. The third kappa shape index (κ3) is 3.23. The van der Waals surface area contributed by atoms with Gasteiger partial charge in [0.05, 0.1) is 0 Å². The van der Waals surface area contributed by atoms with Crippen LogP contribution in [0.4, 0.5) is 0 Å². The zero-order valence-corrected chi connectivity index (χ0v) is 12.0. The van der Waals surface area contributed by atoms with Crippen LogP contribution >= 0.6 is 0 Å². The lowest BCUT2D eigenvalue weighted by Gasteiger charge is -2.39. The minimum atomic E-state index is 0.256. The summed E-state index contributed by atoms with van der Waals surface area (Å²) in [5.41, 5.74) is 0. The number of carbonyl (C=O) groups excluding carboxylic acids is 1. The van der Waals surface area contributed by atoms with Gasteiger partial charge in [0.1, 0.15) is 0 Å². The zero-order chi connectivity index (χ0) is 13.1. The first-order valence-corrected chi connectivity index (χ1v) is 7.34. The second-order valence-electron chi connectivity index (χ2n) is 6.03. The third-order valence-electron chi connectivity index (χ3n) is 4.33. The minimum Gasteiger partial charge on any atom is -0.340 e. The highest BCUT2D eigenvalue weighted by atomic mass is 16.2. The molecule has 18 heavy (non-hydrogen) atoms. The number of piperazine rings is 1. The maximum absolute atomic E-state index is 12.5. The number of hydrogen-bond donors (Lipinski definition) is 1. The van der Waals surface area contributed by atoms with Gasteiger partial charge in [-0.25, -0.2) is 0 Å². The smallest absolute Gasteiger partial charge is 0.225 e. The predicted octanol–water partition coefficient (Wildman–Crippen LogP) is 0.927. The average molecular weight is 253 g/mol. The minimum absolute atomic E-state index is 0.256. The lowest BCUT2D eigenvalue weighted by molar-refractivity contribution is -0.138. The van der Waals surface area contributed by atoms with Crippen molar-refractivity contribution in [3.8, 4) is 0 Å². The van der Waals surface area contributed by atoms with Crippen LogP contribution in [0.5, 0.6) is 0 Å². The molecule has 2 rings (SSSR count). The molecule has 2 atom stereocenters. The lowest BCUT2D eigenvalue weighted by atomic mass is 9.92. The van der Waals surface area contributed by atoms with Crippen molar-refractivity contribution in [3.05, 3.63) is 0 Å². The number of hydrogen-bond acceptors (Lipinski definition) is 3. The summed E-state index contributed by atoms with van der Waals surface area (Å²) < 4.78 is 0. The molecule has 2 fully saturated rings. The largest absolute Gasteiger partial charge is 0.340 e. The van der Waals surface area contributed by atoms with E-state index in [1.807, 2.05) is 0 Å². The Morgan fingerprint density at radius 2 is 1.89 bits per heavy atom. The molecule has 2 unspecified atom stereocenters. The van der Waals surface area contributed by atoms with Gasteiger partial charge in [-0.05, 0) is 40.2 Å². The van der Waals surface area contributed by atoms with Gasteiger partial charge >= 0.3 is 0 Å². The molecule has 1 amide bonds. The van der Waals surface area contributed by atoms with E-state index >= 15 is 0 Å². The van der Waals surface area contributed by atoms with E-state index in [0.717, 1.165) is 45.6 Å². The molecule has 2 aliphatic heterocycles. The van der Waals surface area contributed by atoms with E-state index in [4.69, 9.17) is 0 Å². The Morgan fingerprint density at radius 3 is 2.44 bits per heavy atom. The van der Waals surface area contributed by atoms with Gasteiger partial charge in [0.25, 0.3) is 0 Å². The van der Waals surface area contributed by atoms with Crippen LogP contribution in [0.25, 0.3) is 0 Å². The molecule has 4 nitrogen and oxygen atoms in total. The van der Waals surface area contributed by atoms with Crippen LogP contribution in [0.2, 0.25) is 0 Å². The maximum Gasteiger partial charge on any atom is 0.225 e. The molecule has 4 heteroatoms. The van der Waals surface area contributed by atoms with Crippen LogP contribution in [-0.2, 0) is 4.79 Å². The Kier molecular flexibility index (Phi) is 4.62. The Balaban J connectivity index is 1.83. The van der Waals surface area contributed by atoms with Crippen molar-refractivity contribution < 1.29 is 4.79 Å². The molecule has 2 heterocycles. The number of carbonyl (C=O) groups is 1. The number of piperidine rings is 1. The van der Waals surface area contributed by atoms with Gasteiger partial charge in [0.2, 0.25) is 5.91 Å². The van der Waals surface area contributed by atoms with Crippen LogP contribution in [-0.4, -0.2) is 60.5 Å². The molecule has 0 aromatic carbocycles. The fourth-order valence-corrected chi connectivity index (χ4v) is 3.07. The van der Waals surface area contributed by atoms with Crippen molar-refractivity contribution in [2.45, 2.75) is 45.7 Å². The normalized spacial score (nSPS) is 30.8. The first-order chi connectivity index (χ1) is 8.58. The van der Waals surface area contributed by atoms with Gasteiger partial charge in [-0.15, -0.1) is 0 Å². The van der Waals surface area contributed by atoms with Gasteiger partial charge in [-0.2, -0.15) is 0 Å². The van der Waals surface area contributed by atoms with Gasteiger partial charge in [0.15, 0.2) is 0 Å². The second kappa shape index (κ2) is 6.02. The molecule has 0 aromatic rings. The number of amides is 1. The van der Waals surface area contributed by atoms with E-state index in [2.05, 4.69) is 35.9 Å².